The number of esters is 1. The predicted molar refractivity (Wildman–Crippen MR) is 67.8 cm³/mol. The number of fused-ring (bicyclic) bond motifs is 3. The summed E-state index contributed by atoms with van der Waals surface area (Å²) in [5.41, 5.74) is 2.39. The molecule has 0 aromatic rings. The van der Waals surface area contributed by atoms with Crippen molar-refractivity contribution in [2.75, 3.05) is 0 Å². The number of allylic oxidation sites excluding steroid dienone is 1. The van der Waals surface area contributed by atoms with Gasteiger partial charge in [-0.05, 0) is 38.2 Å². The van der Waals surface area contributed by atoms with E-state index in [0.717, 1.165) is 25.7 Å². The van der Waals surface area contributed by atoms with Crippen molar-refractivity contribution in [2.24, 2.45) is 17.3 Å². The van der Waals surface area contributed by atoms with Crippen LogP contribution in [-0.4, -0.2) is 23.3 Å². The number of rotatable bonds is 0. The summed E-state index contributed by atoms with van der Waals surface area (Å²) >= 11 is 0. The molecule has 3 heteroatoms. The monoisotopic (exact) mass is 250 g/mol. The normalized spacial score (nSPS) is 47.7. The second-order valence-electron chi connectivity index (χ2n) is 6.51. The SMILES string of the molecule is CC1=C2[C@@H]3OC(=O)[C@H](C)[C@@H]3CC[C@]2(C)[C@@H](O)CC1. The number of aliphatic hydroxyl groups excluding tert-OH is 1. The van der Waals surface area contributed by atoms with E-state index in [2.05, 4.69) is 13.8 Å². The maximum Gasteiger partial charge on any atom is 0.309 e. The van der Waals surface area contributed by atoms with E-state index in [1.165, 1.54) is 11.1 Å². The molecule has 18 heavy (non-hydrogen) atoms. The van der Waals surface area contributed by atoms with E-state index in [9.17, 15) is 9.90 Å². The molecule has 0 aromatic heterocycles. The standard InChI is InChI=1S/C15H22O3/c1-8-4-5-11(16)15(3)7-6-10-9(2)14(17)18-13(10)12(8)15/h9-11,13,16H,4-7H2,1-3H3/t9-,10+,11+,13-,15-/m1/s1. The van der Waals surface area contributed by atoms with Crippen molar-refractivity contribution in [3.63, 3.8) is 0 Å². The van der Waals surface area contributed by atoms with Gasteiger partial charge >= 0.3 is 5.97 Å². The maximum atomic E-state index is 11.8. The summed E-state index contributed by atoms with van der Waals surface area (Å²) < 4.78 is 5.62. The second kappa shape index (κ2) is 3.83. The minimum absolute atomic E-state index is 0.0129. The Bertz CT molecular complexity index is 425. The number of hydrogen-bond donors (Lipinski definition) is 1. The van der Waals surface area contributed by atoms with E-state index in [1.807, 2.05) is 6.92 Å². The predicted octanol–water partition coefficient (Wildman–Crippen LogP) is 2.44. The summed E-state index contributed by atoms with van der Waals surface area (Å²) in [7, 11) is 0. The molecule has 0 radical (unpaired) electrons. The molecule has 1 saturated carbocycles. The van der Waals surface area contributed by atoms with Gasteiger partial charge in [0.2, 0.25) is 0 Å². The summed E-state index contributed by atoms with van der Waals surface area (Å²) in [4.78, 5) is 11.8. The molecular weight excluding hydrogens is 228 g/mol. The lowest BCUT2D eigenvalue weighted by molar-refractivity contribution is -0.143. The van der Waals surface area contributed by atoms with Crippen LogP contribution in [0.1, 0.15) is 46.5 Å². The molecular formula is C15H22O3. The van der Waals surface area contributed by atoms with Gasteiger partial charge in [-0.2, -0.15) is 0 Å². The van der Waals surface area contributed by atoms with Crippen molar-refractivity contribution >= 4 is 5.97 Å². The first-order chi connectivity index (χ1) is 8.45. The van der Waals surface area contributed by atoms with Crippen LogP contribution in [-0.2, 0) is 9.53 Å². The summed E-state index contributed by atoms with van der Waals surface area (Å²) in [5.74, 6) is 0.273. The fourth-order valence-corrected chi connectivity index (χ4v) is 4.24. The van der Waals surface area contributed by atoms with Crippen LogP contribution in [0.3, 0.4) is 0 Å². The highest BCUT2D eigenvalue weighted by atomic mass is 16.6. The molecule has 3 aliphatic rings. The van der Waals surface area contributed by atoms with Crippen LogP contribution in [0.2, 0.25) is 0 Å². The Balaban J connectivity index is 2.05. The van der Waals surface area contributed by atoms with E-state index < -0.39 is 0 Å². The molecule has 2 fully saturated rings. The lowest BCUT2D eigenvalue weighted by Gasteiger charge is -2.48. The average Bonchev–Trinajstić information content (AvgIpc) is 2.60. The minimum atomic E-state index is -0.285. The molecule has 3 rings (SSSR count). The first kappa shape index (κ1) is 12.2. The quantitative estimate of drug-likeness (QED) is 0.530. The number of carbonyl (C=O) groups is 1. The van der Waals surface area contributed by atoms with Crippen LogP contribution in [0.4, 0.5) is 0 Å². The first-order valence-corrected chi connectivity index (χ1v) is 7.04. The molecule has 2 aliphatic carbocycles. The Labute approximate surface area is 108 Å². The van der Waals surface area contributed by atoms with Crippen LogP contribution in [0.25, 0.3) is 0 Å². The third-order valence-electron chi connectivity index (χ3n) is 5.53. The van der Waals surface area contributed by atoms with Crippen molar-refractivity contribution in [3.05, 3.63) is 11.1 Å². The van der Waals surface area contributed by atoms with Crippen LogP contribution in [0.15, 0.2) is 11.1 Å². The number of ether oxygens (including phenoxy) is 1. The van der Waals surface area contributed by atoms with Crippen LogP contribution < -0.4 is 0 Å². The summed E-state index contributed by atoms with van der Waals surface area (Å²) in [6.45, 7) is 6.26. The van der Waals surface area contributed by atoms with E-state index in [1.54, 1.807) is 0 Å². The molecule has 100 valence electrons. The first-order valence-electron chi connectivity index (χ1n) is 7.04. The Hall–Kier alpha value is -0.830. The van der Waals surface area contributed by atoms with E-state index >= 15 is 0 Å². The highest BCUT2D eigenvalue weighted by molar-refractivity contribution is 5.75. The summed E-state index contributed by atoms with van der Waals surface area (Å²) in [6, 6.07) is 0. The summed E-state index contributed by atoms with van der Waals surface area (Å²) in [6.07, 6.45) is 3.38. The van der Waals surface area contributed by atoms with Gasteiger partial charge in [-0.1, -0.05) is 19.4 Å². The lowest BCUT2D eigenvalue weighted by atomic mass is 9.58. The van der Waals surface area contributed by atoms with Crippen molar-refractivity contribution < 1.29 is 14.6 Å². The highest BCUT2D eigenvalue weighted by Crippen LogP contribution is 2.55. The smallest absolute Gasteiger partial charge is 0.309 e. The topological polar surface area (TPSA) is 46.5 Å². The van der Waals surface area contributed by atoms with Crippen molar-refractivity contribution in [2.45, 2.75) is 58.7 Å². The molecule has 1 N–H and O–H groups in total. The molecule has 1 aliphatic heterocycles. The summed E-state index contributed by atoms with van der Waals surface area (Å²) in [5, 5.41) is 10.4. The molecule has 0 spiro atoms. The zero-order valence-corrected chi connectivity index (χ0v) is 11.4. The Kier molecular flexibility index (Phi) is 2.60. The van der Waals surface area contributed by atoms with E-state index in [4.69, 9.17) is 4.74 Å². The zero-order valence-electron chi connectivity index (χ0n) is 11.4. The maximum absolute atomic E-state index is 11.8. The lowest BCUT2D eigenvalue weighted by Crippen LogP contribution is -2.47. The zero-order chi connectivity index (χ0) is 13.1. The van der Waals surface area contributed by atoms with Gasteiger partial charge in [-0.15, -0.1) is 0 Å². The molecule has 5 atom stereocenters. The van der Waals surface area contributed by atoms with Gasteiger partial charge in [0.05, 0.1) is 12.0 Å². The number of aliphatic hydroxyl groups is 1. The van der Waals surface area contributed by atoms with Crippen molar-refractivity contribution in [1.29, 1.82) is 0 Å². The molecule has 0 unspecified atom stereocenters. The molecule has 0 amide bonds. The molecule has 0 aromatic carbocycles. The largest absolute Gasteiger partial charge is 0.457 e. The number of carbonyl (C=O) groups excluding carboxylic acids is 1. The number of hydrogen-bond acceptors (Lipinski definition) is 3. The van der Waals surface area contributed by atoms with Gasteiger partial charge in [-0.25, -0.2) is 0 Å². The fraction of sp³-hybridized carbons (Fsp3) is 0.800. The molecule has 1 heterocycles. The van der Waals surface area contributed by atoms with Crippen LogP contribution >= 0.6 is 0 Å². The van der Waals surface area contributed by atoms with Gasteiger partial charge < -0.3 is 9.84 Å². The second-order valence-corrected chi connectivity index (χ2v) is 6.51. The van der Waals surface area contributed by atoms with E-state index in [-0.39, 0.29) is 29.5 Å². The molecule has 1 saturated heterocycles. The van der Waals surface area contributed by atoms with E-state index in [0.29, 0.717) is 5.92 Å². The van der Waals surface area contributed by atoms with Gasteiger partial charge in [0.1, 0.15) is 6.10 Å². The Morgan fingerprint density at radius 2 is 2.11 bits per heavy atom. The van der Waals surface area contributed by atoms with Crippen molar-refractivity contribution in [1.82, 2.24) is 0 Å². The third-order valence-corrected chi connectivity index (χ3v) is 5.53. The average molecular weight is 250 g/mol. The molecule has 3 nitrogen and oxygen atoms in total. The van der Waals surface area contributed by atoms with Gasteiger partial charge in [0, 0.05) is 11.3 Å². The fourth-order valence-electron chi connectivity index (χ4n) is 4.24. The highest BCUT2D eigenvalue weighted by Gasteiger charge is 2.55. The van der Waals surface area contributed by atoms with Crippen LogP contribution in [0, 0.1) is 17.3 Å². The van der Waals surface area contributed by atoms with Gasteiger partial charge in [0.15, 0.2) is 0 Å². The van der Waals surface area contributed by atoms with Gasteiger partial charge in [-0.3, -0.25) is 4.79 Å². The van der Waals surface area contributed by atoms with Crippen molar-refractivity contribution in [3.8, 4) is 0 Å². The Morgan fingerprint density at radius 1 is 1.39 bits per heavy atom. The third kappa shape index (κ3) is 1.43. The van der Waals surface area contributed by atoms with Gasteiger partial charge in [0.25, 0.3) is 0 Å². The minimum Gasteiger partial charge on any atom is -0.457 e. The molecule has 0 bridgehead atoms. The van der Waals surface area contributed by atoms with Crippen LogP contribution in [0.5, 0.6) is 0 Å². The Morgan fingerprint density at radius 3 is 2.83 bits per heavy atom.